The number of amides is 1. The molecule has 1 aliphatic rings. The number of hydrogen-bond acceptors (Lipinski definition) is 7. The lowest BCUT2D eigenvalue weighted by molar-refractivity contribution is -0.120. The van der Waals surface area contributed by atoms with Crippen LogP contribution in [-0.2, 0) is 4.79 Å². The minimum atomic E-state index is -0.344. The number of carbonyl (C=O) groups excluding carboxylic acids is 1. The van der Waals surface area contributed by atoms with Crippen LogP contribution in [0.2, 0.25) is 0 Å². The number of aryl methyl sites for hydroxylation is 1. The number of fused-ring (bicyclic) bond motifs is 1. The van der Waals surface area contributed by atoms with Gasteiger partial charge in [0.2, 0.25) is 10.9 Å². The summed E-state index contributed by atoms with van der Waals surface area (Å²) in [7, 11) is 0. The molecular formula is C17H18N6O2S. The molecule has 1 unspecified atom stereocenters. The molecule has 0 saturated carbocycles. The van der Waals surface area contributed by atoms with Crippen molar-refractivity contribution in [3.63, 3.8) is 0 Å². The van der Waals surface area contributed by atoms with Crippen LogP contribution >= 0.6 is 11.3 Å². The number of nitrogens with zero attached hydrogens (tertiary/aromatic N) is 5. The van der Waals surface area contributed by atoms with E-state index >= 15 is 0 Å². The van der Waals surface area contributed by atoms with Crippen LogP contribution in [0, 0.1) is 12.8 Å². The lowest BCUT2D eigenvalue weighted by Crippen LogP contribution is -2.41. The molecule has 3 aromatic heterocycles. The Hall–Kier alpha value is -2.81. The fourth-order valence-electron chi connectivity index (χ4n) is 3.09. The Morgan fingerprint density at radius 2 is 2.27 bits per heavy atom. The number of rotatable bonds is 3. The van der Waals surface area contributed by atoms with Gasteiger partial charge >= 0.3 is 0 Å². The van der Waals surface area contributed by atoms with E-state index in [4.69, 9.17) is 0 Å². The Bertz CT molecular complexity index is 999. The molecule has 1 fully saturated rings. The maximum absolute atomic E-state index is 12.8. The van der Waals surface area contributed by atoms with Crippen LogP contribution in [0.4, 0.5) is 11.6 Å². The molecule has 0 aromatic carbocycles. The van der Waals surface area contributed by atoms with Gasteiger partial charge in [-0.2, -0.15) is 14.6 Å². The normalized spacial score (nSPS) is 17.4. The van der Waals surface area contributed by atoms with Crippen molar-refractivity contribution in [3.05, 3.63) is 45.8 Å². The standard InChI is InChI=1S/C17H18N6O2S/c1-11-15(24)20-17-23(21-11)14(10-26-17)19-16(25)12-5-4-8-22(9-12)13-6-2-3-7-18-13/h2-3,6-7,10,12H,4-5,8-9H2,1H3,(H,19,25). The number of anilines is 2. The van der Waals surface area contributed by atoms with Gasteiger partial charge in [0.25, 0.3) is 5.56 Å². The van der Waals surface area contributed by atoms with Gasteiger partial charge in [0, 0.05) is 24.7 Å². The van der Waals surface area contributed by atoms with E-state index in [-0.39, 0.29) is 17.4 Å². The topological polar surface area (TPSA) is 92.5 Å². The van der Waals surface area contributed by atoms with Gasteiger partial charge in [-0.3, -0.25) is 9.59 Å². The first kappa shape index (κ1) is 16.6. The Balaban J connectivity index is 1.51. The van der Waals surface area contributed by atoms with Crippen molar-refractivity contribution in [2.75, 3.05) is 23.3 Å². The lowest BCUT2D eigenvalue weighted by atomic mass is 9.97. The van der Waals surface area contributed by atoms with Gasteiger partial charge in [0.1, 0.15) is 17.3 Å². The zero-order valence-corrected chi connectivity index (χ0v) is 15.1. The second-order valence-corrected chi connectivity index (χ2v) is 7.12. The highest BCUT2D eigenvalue weighted by atomic mass is 32.1. The van der Waals surface area contributed by atoms with Gasteiger partial charge < -0.3 is 10.2 Å². The first-order valence-electron chi connectivity index (χ1n) is 8.44. The number of hydrogen-bond donors (Lipinski definition) is 1. The molecule has 4 heterocycles. The molecule has 4 rings (SSSR count). The van der Waals surface area contributed by atoms with E-state index in [1.807, 2.05) is 18.2 Å². The van der Waals surface area contributed by atoms with Crippen LogP contribution < -0.4 is 15.8 Å². The van der Waals surface area contributed by atoms with E-state index in [1.165, 1.54) is 15.9 Å². The molecule has 26 heavy (non-hydrogen) atoms. The monoisotopic (exact) mass is 370 g/mol. The number of nitrogens with one attached hydrogen (secondary N) is 1. The predicted octanol–water partition coefficient (Wildman–Crippen LogP) is 1.71. The summed E-state index contributed by atoms with van der Waals surface area (Å²) in [6.07, 6.45) is 3.53. The van der Waals surface area contributed by atoms with Gasteiger partial charge in [-0.25, -0.2) is 4.98 Å². The number of pyridine rings is 1. The summed E-state index contributed by atoms with van der Waals surface area (Å²) in [5, 5.41) is 8.90. The molecule has 1 N–H and O–H groups in total. The van der Waals surface area contributed by atoms with Crippen LogP contribution in [0.25, 0.3) is 4.96 Å². The highest BCUT2D eigenvalue weighted by Gasteiger charge is 2.27. The highest BCUT2D eigenvalue weighted by Crippen LogP contribution is 2.23. The molecule has 1 atom stereocenters. The summed E-state index contributed by atoms with van der Waals surface area (Å²) in [5.74, 6) is 1.25. The average Bonchev–Trinajstić information content (AvgIpc) is 3.04. The van der Waals surface area contributed by atoms with E-state index in [9.17, 15) is 9.59 Å². The summed E-state index contributed by atoms with van der Waals surface area (Å²) < 4.78 is 1.51. The molecule has 0 radical (unpaired) electrons. The Kier molecular flexibility index (Phi) is 4.37. The lowest BCUT2D eigenvalue weighted by Gasteiger charge is -2.32. The molecule has 1 saturated heterocycles. The summed E-state index contributed by atoms with van der Waals surface area (Å²) in [6, 6.07) is 5.79. The van der Waals surface area contributed by atoms with Gasteiger partial charge in [0.15, 0.2) is 0 Å². The van der Waals surface area contributed by atoms with Gasteiger partial charge in [0.05, 0.1) is 5.92 Å². The minimum absolute atomic E-state index is 0.0523. The van der Waals surface area contributed by atoms with E-state index in [1.54, 1.807) is 18.5 Å². The quantitative estimate of drug-likeness (QED) is 0.754. The van der Waals surface area contributed by atoms with E-state index < -0.39 is 0 Å². The summed E-state index contributed by atoms with van der Waals surface area (Å²) in [5.41, 5.74) is -0.0431. The second-order valence-electron chi connectivity index (χ2n) is 6.28. The van der Waals surface area contributed by atoms with Gasteiger partial charge in [-0.05, 0) is 31.9 Å². The number of thiazole rings is 1. The zero-order valence-electron chi connectivity index (χ0n) is 14.3. The molecule has 134 valence electrons. The van der Waals surface area contributed by atoms with Crippen LogP contribution in [0.15, 0.2) is 34.6 Å². The maximum atomic E-state index is 12.8. The molecule has 0 bridgehead atoms. The van der Waals surface area contributed by atoms with Gasteiger partial charge in [-0.1, -0.05) is 6.07 Å². The predicted molar refractivity (Wildman–Crippen MR) is 99.7 cm³/mol. The van der Waals surface area contributed by atoms with Crippen LogP contribution in [0.5, 0.6) is 0 Å². The van der Waals surface area contributed by atoms with Crippen molar-refractivity contribution < 1.29 is 4.79 Å². The third kappa shape index (κ3) is 3.17. The summed E-state index contributed by atoms with van der Waals surface area (Å²) in [6.45, 7) is 3.13. The molecule has 8 nitrogen and oxygen atoms in total. The van der Waals surface area contributed by atoms with Crippen LogP contribution in [-0.4, -0.2) is 38.6 Å². The fourth-order valence-corrected chi connectivity index (χ4v) is 3.84. The maximum Gasteiger partial charge on any atom is 0.295 e. The van der Waals surface area contributed by atoms with E-state index in [0.717, 1.165) is 25.2 Å². The molecule has 0 aliphatic carbocycles. The minimum Gasteiger partial charge on any atom is -0.356 e. The molecule has 0 spiro atoms. The summed E-state index contributed by atoms with van der Waals surface area (Å²) in [4.78, 5) is 35.3. The summed E-state index contributed by atoms with van der Waals surface area (Å²) >= 11 is 1.28. The molecule has 1 aliphatic heterocycles. The number of piperidine rings is 1. The second kappa shape index (κ2) is 6.83. The number of aromatic nitrogens is 4. The Morgan fingerprint density at radius 3 is 3.08 bits per heavy atom. The van der Waals surface area contributed by atoms with Gasteiger partial charge in [-0.15, -0.1) is 11.3 Å². The molecule has 1 amide bonds. The largest absolute Gasteiger partial charge is 0.356 e. The van der Waals surface area contributed by atoms with E-state index in [2.05, 4.69) is 25.3 Å². The Morgan fingerprint density at radius 1 is 1.38 bits per heavy atom. The highest BCUT2D eigenvalue weighted by molar-refractivity contribution is 7.15. The van der Waals surface area contributed by atoms with Crippen LogP contribution in [0.1, 0.15) is 18.5 Å². The van der Waals surface area contributed by atoms with Crippen molar-refractivity contribution in [2.45, 2.75) is 19.8 Å². The number of carbonyl (C=O) groups is 1. The average molecular weight is 370 g/mol. The molecular weight excluding hydrogens is 352 g/mol. The molecule has 3 aromatic rings. The molecule has 9 heteroatoms. The fraction of sp³-hybridized carbons (Fsp3) is 0.353. The van der Waals surface area contributed by atoms with E-state index in [0.29, 0.717) is 23.0 Å². The third-order valence-corrected chi connectivity index (χ3v) is 5.27. The Labute approximate surface area is 153 Å². The SMILES string of the molecule is Cc1nn2c(NC(=O)C3CCCN(c4ccccn4)C3)csc2nc1=O. The van der Waals surface area contributed by atoms with Crippen molar-refractivity contribution in [2.24, 2.45) is 5.92 Å². The van der Waals surface area contributed by atoms with Crippen molar-refractivity contribution >= 4 is 33.8 Å². The first-order chi connectivity index (χ1) is 12.6. The van der Waals surface area contributed by atoms with Crippen LogP contribution in [0.3, 0.4) is 0 Å². The van der Waals surface area contributed by atoms with Crippen molar-refractivity contribution in [3.8, 4) is 0 Å². The first-order valence-corrected chi connectivity index (χ1v) is 9.32. The zero-order chi connectivity index (χ0) is 18.1. The van der Waals surface area contributed by atoms with Crippen molar-refractivity contribution in [1.82, 2.24) is 19.6 Å². The third-order valence-electron chi connectivity index (χ3n) is 4.46. The van der Waals surface area contributed by atoms with Crippen molar-refractivity contribution in [1.29, 1.82) is 0 Å². The smallest absolute Gasteiger partial charge is 0.295 e.